The van der Waals surface area contributed by atoms with Crippen LogP contribution in [0.5, 0.6) is 17.2 Å². The first kappa shape index (κ1) is 13.9. The summed E-state index contributed by atoms with van der Waals surface area (Å²) in [6.45, 7) is 0. The molecule has 0 spiro atoms. The van der Waals surface area contributed by atoms with Gasteiger partial charge in [-0.3, -0.25) is 0 Å². The van der Waals surface area contributed by atoms with Gasteiger partial charge in [-0.2, -0.15) is 0 Å². The first-order valence-electron chi connectivity index (χ1n) is 6.10. The highest BCUT2D eigenvalue weighted by molar-refractivity contribution is 5.71. The Balaban J connectivity index is 2.33. The molecule has 0 atom stereocenters. The quantitative estimate of drug-likeness (QED) is 0.820. The lowest BCUT2D eigenvalue weighted by Gasteiger charge is -2.14. The lowest BCUT2D eigenvalue weighted by atomic mass is 10.2. The highest BCUT2D eigenvalue weighted by atomic mass is 16.5. The number of rotatable bonds is 5. The van der Waals surface area contributed by atoms with Crippen molar-refractivity contribution < 1.29 is 14.2 Å². The van der Waals surface area contributed by atoms with Crippen LogP contribution in [0.1, 0.15) is 0 Å². The van der Waals surface area contributed by atoms with Crippen molar-refractivity contribution in [3.63, 3.8) is 0 Å². The van der Waals surface area contributed by atoms with Crippen LogP contribution in [0.4, 0.5) is 17.1 Å². The summed E-state index contributed by atoms with van der Waals surface area (Å²) < 4.78 is 15.7. The normalized spacial score (nSPS) is 9.95. The molecule has 0 heterocycles. The van der Waals surface area contributed by atoms with Gasteiger partial charge in [0, 0.05) is 17.8 Å². The first-order chi connectivity index (χ1) is 9.67. The van der Waals surface area contributed by atoms with Crippen molar-refractivity contribution in [2.24, 2.45) is 0 Å². The van der Waals surface area contributed by atoms with E-state index in [1.165, 1.54) is 0 Å². The standard InChI is InChI=1S/C15H18N2O3/c1-18-11-5-7-14(19-2)13(9-11)17-10-4-6-12(16)15(8-10)20-3/h4-9,17H,16H2,1-3H3. The Morgan fingerprint density at radius 1 is 0.850 bits per heavy atom. The lowest BCUT2D eigenvalue weighted by Crippen LogP contribution is -1.98. The van der Waals surface area contributed by atoms with Gasteiger partial charge in [-0.15, -0.1) is 0 Å². The zero-order valence-corrected chi connectivity index (χ0v) is 11.8. The van der Waals surface area contributed by atoms with Gasteiger partial charge in [0.15, 0.2) is 0 Å². The molecule has 2 aromatic rings. The third-order valence-electron chi connectivity index (χ3n) is 2.92. The second-order valence-corrected chi connectivity index (χ2v) is 4.15. The van der Waals surface area contributed by atoms with Crippen molar-refractivity contribution in [2.45, 2.75) is 0 Å². The number of ether oxygens (including phenoxy) is 3. The summed E-state index contributed by atoms with van der Waals surface area (Å²) in [6.07, 6.45) is 0. The van der Waals surface area contributed by atoms with E-state index in [0.29, 0.717) is 11.4 Å². The van der Waals surface area contributed by atoms with Gasteiger partial charge in [0.2, 0.25) is 0 Å². The third-order valence-corrected chi connectivity index (χ3v) is 2.92. The van der Waals surface area contributed by atoms with Crippen molar-refractivity contribution in [3.8, 4) is 17.2 Å². The molecule has 0 unspecified atom stereocenters. The molecule has 0 aliphatic rings. The monoisotopic (exact) mass is 274 g/mol. The molecule has 0 bridgehead atoms. The van der Waals surface area contributed by atoms with Crippen molar-refractivity contribution >= 4 is 17.1 Å². The molecule has 0 fully saturated rings. The molecule has 0 amide bonds. The largest absolute Gasteiger partial charge is 0.497 e. The number of nitrogens with two attached hydrogens (primary N) is 1. The molecule has 0 aliphatic heterocycles. The molecule has 3 N–H and O–H groups in total. The number of hydrogen-bond acceptors (Lipinski definition) is 5. The zero-order valence-electron chi connectivity index (χ0n) is 11.8. The van der Waals surface area contributed by atoms with Gasteiger partial charge in [0.25, 0.3) is 0 Å². The van der Waals surface area contributed by atoms with Crippen LogP contribution in [0.15, 0.2) is 36.4 Å². The maximum absolute atomic E-state index is 5.80. The average Bonchev–Trinajstić information content (AvgIpc) is 2.49. The van der Waals surface area contributed by atoms with E-state index in [2.05, 4.69) is 5.32 Å². The molecule has 2 aromatic carbocycles. The minimum Gasteiger partial charge on any atom is -0.497 e. The molecule has 106 valence electrons. The van der Waals surface area contributed by atoms with E-state index in [9.17, 15) is 0 Å². The van der Waals surface area contributed by atoms with Crippen LogP contribution in [0, 0.1) is 0 Å². The van der Waals surface area contributed by atoms with E-state index in [4.69, 9.17) is 19.9 Å². The summed E-state index contributed by atoms with van der Waals surface area (Å²) in [5, 5.41) is 3.26. The topological polar surface area (TPSA) is 65.7 Å². The van der Waals surface area contributed by atoms with Crippen LogP contribution >= 0.6 is 0 Å². The van der Waals surface area contributed by atoms with E-state index in [1.807, 2.05) is 30.3 Å². The number of nitrogen functional groups attached to an aromatic ring is 1. The SMILES string of the molecule is COc1ccc(OC)c(Nc2ccc(N)c(OC)c2)c1. The number of methoxy groups -OCH3 is 3. The predicted octanol–water partition coefficient (Wildman–Crippen LogP) is 3.04. The molecule has 0 saturated heterocycles. The number of anilines is 3. The summed E-state index contributed by atoms with van der Waals surface area (Å²) in [5.41, 5.74) is 8.04. The average molecular weight is 274 g/mol. The first-order valence-corrected chi connectivity index (χ1v) is 6.10. The summed E-state index contributed by atoms with van der Waals surface area (Å²) >= 11 is 0. The molecule has 20 heavy (non-hydrogen) atoms. The van der Waals surface area contributed by atoms with Gasteiger partial charge >= 0.3 is 0 Å². The highest BCUT2D eigenvalue weighted by Gasteiger charge is 2.07. The Morgan fingerprint density at radius 3 is 2.25 bits per heavy atom. The second-order valence-electron chi connectivity index (χ2n) is 4.15. The Labute approximate surface area is 118 Å². The fourth-order valence-corrected chi connectivity index (χ4v) is 1.86. The number of nitrogens with one attached hydrogen (secondary N) is 1. The molecular formula is C15H18N2O3. The Kier molecular flexibility index (Phi) is 4.20. The second kappa shape index (κ2) is 6.06. The molecule has 0 saturated carbocycles. The molecule has 2 rings (SSSR count). The van der Waals surface area contributed by atoms with Crippen molar-refractivity contribution in [3.05, 3.63) is 36.4 Å². The molecule has 0 aliphatic carbocycles. The minimum atomic E-state index is 0.593. The summed E-state index contributed by atoms with van der Waals surface area (Å²) in [7, 11) is 4.83. The predicted molar refractivity (Wildman–Crippen MR) is 80.2 cm³/mol. The Hall–Kier alpha value is -2.56. The van der Waals surface area contributed by atoms with E-state index in [-0.39, 0.29) is 0 Å². The maximum Gasteiger partial charge on any atom is 0.143 e. The van der Waals surface area contributed by atoms with Crippen LogP contribution < -0.4 is 25.3 Å². The van der Waals surface area contributed by atoms with Gasteiger partial charge < -0.3 is 25.3 Å². The number of hydrogen-bond donors (Lipinski definition) is 2. The van der Waals surface area contributed by atoms with Crippen LogP contribution in [0.2, 0.25) is 0 Å². The van der Waals surface area contributed by atoms with Crippen molar-refractivity contribution in [1.82, 2.24) is 0 Å². The van der Waals surface area contributed by atoms with Crippen molar-refractivity contribution in [1.29, 1.82) is 0 Å². The van der Waals surface area contributed by atoms with Crippen molar-refractivity contribution in [2.75, 3.05) is 32.4 Å². The smallest absolute Gasteiger partial charge is 0.143 e. The minimum absolute atomic E-state index is 0.593. The molecule has 5 heteroatoms. The third kappa shape index (κ3) is 2.88. The zero-order chi connectivity index (χ0) is 14.5. The summed E-state index contributed by atoms with van der Waals surface area (Å²) in [4.78, 5) is 0. The van der Waals surface area contributed by atoms with Crippen LogP contribution in [-0.2, 0) is 0 Å². The van der Waals surface area contributed by atoms with E-state index in [1.54, 1.807) is 27.4 Å². The van der Waals surface area contributed by atoms with Gasteiger partial charge in [-0.05, 0) is 24.3 Å². The molecule has 5 nitrogen and oxygen atoms in total. The van der Waals surface area contributed by atoms with E-state index in [0.717, 1.165) is 22.9 Å². The Bertz CT molecular complexity index is 600. The van der Waals surface area contributed by atoms with E-state index < -0.39 is 0 Å². The van der Waals surface area contributed by atoms with Gasteiger partial charge in [-0.1, -0.05) is 0 Å². The van der Waals surface area contributed by atoms with Gasteiger partial charge in [-0.25, -0.2) is 0 Å². The molecule has 0 aromatic heterocycles. The van der Waals surface area contributed by atoms with Crippen LogP contribution in [0.3, 0.4) is 0 Å². The lowest BCUT2D eigenvalue weighted by molar-refractivity contribution is 0.405. The van der Waals surface area contributed by atoms with E-state index >= 15 is 0 Å². The van der Waals surface area contributed by atoms with Crippen LogP contribution in [0.25, 0.3) is 0 Å². The summed E-state index contributed by atoms with van der Waals surface area (Å²) in [5.74, 6) is 2.09. The molecular weight excluding hydrogens is 256 g/mol. The van der Waals surface area contributed by atoms with Crippen LogP contribution in [-0.4, -0.2) is 21.3 Å². The van der Waals surface area contributed by atoms with Gasteiger partial charge in [0.05, 0.1) is 32.7 Å². The maximum atomic E-state index is 5.80. The number of benzene rings is 2. The summed E-state index contributed by atoms with van der Waals surface area (Å²) in [6, 6.07) is 11.0. The van der Waals surface area contributed by atoms with Gasteiger partial charge in [0.1, 0.15) is 17.2 Å². The fourth-order valence-electron chi connectivity index (χ4n) is 1.86. The fraction of sp³-hybridized carbons (Fsp3) is 0.200. The molecule has 0 radical (unpaired) electrons. The Morgan fingerprint density at radius 2 is 1.60 bits per heavy atom. The highest BCUT2D eigenvalue weighted by Crippen LogP contribution is 2.33.